The van der Waals surface area contributed by atoms with Crippen molar-refractivity contribution in [2.45, 2.75) is 18.9 Å². The van der Waals surface area contributed by atoms with Crippen LogP contribution in [0.15, 0.2) is 0 Å². The first-order chi connectivity index (χ1) is 7.00. The van der Waals surface area contributed by atoms with Crippen LogP contribution in [0, 0.1) is 0 Å². The van der Waals surface area contributed by atoms with Crippen molar-refractivity contribution in [1.29, 1.82) is 0 Å². The van der Waals surface area contributed by atoms with Crippen LogP contribution in [0.1, 0.15) is 12.8 Å². The minimum Gasteiger partial charge on any atom is -0.348 e. The molecule has 0 aromatic rings. The molecule has 1 aliphatic rings. The highest BCUT2D eigenvalue weighted by molar-refractivity contribution is 5.77. The van der Waals surface area contributed by atoms with Crippen molar-refractivity contribution in [2.75, 3.05) is 47.8 Å². The van der Waals surface area contributed by atoms with Gasteiger partial charge < -0.3 is 9.80 Å². The van der Waals surface area contributed by atoms with Gasteiger partial charge in [-0.05, 0) is 40.0 Å². The predicted molar refractivity (Wildman–Crippen MR) is 61.8 cm³/mol. The normalized spacial score (nSPS) is 19.5. The Hall–Kier alpha value is -0.610. The number of likely N-dealkylation sites (N-methyl/N-ethyl adjacent to an activating group) is 2. The summed E-state index contributed by atoms with van der Waals surface area (Å²) in [6.07, 6.45) is 2.35. The molecule has 0 spiro atoms. The number of nitrogens with zero attached hydrogens (tertiary/aromatic N) is 3. The predicted octanol–water partition coefficient (Wildman–Crippen LogP) is 0.101. The van der Waals surface area contributed by atoms with Crippen molar-refractivity contribution < 1.29 is 4.79 Å². The fourth-order valence-electron chi connectivity index (χ4n) is 1.92. The van der Waals surface area contributed by atoms with E-state index in [9.17, 15) is 4.79 Å². The van der Waals surface area contributed by atoms with Crippen LogP contribution in [0.3, 0.4) is 0 Å². The summed E-state index contributed by atoms with van der Waals surface area (Å²) in [5, 5.41) is 0. The lowest BCUT2D eigenvalue weighted by atomic mass is 10.0. The Labute approximate surface area is 92.8 Å². The molecule has 1 amide bonds. The third kappa shape index (κ3) is 3.80. The van der Waals surface area contributed by atoms with E-state index in [1.54, 1.807) is 4.90 Å². The van der Waals surface area contributed by atoms with Crippen molar-refractivity contribution in [3.05, 3.63) is 0 Å². The Kier molecular flexibility index (Phi) is 4.54. The molecular formula is C11H23N3O. The highest BCUT2D eigenvalue weighted by Gasteiger charge is 2.22. The Morgan fingerprint density at radius 1 is 1.27 bits per heavy atom. The fraction of sp³-hybridized carbons (Fsp3) is 0.909. The van der Waals surface area contributed by atoms with Gasteiger partial charge in [0, 0.05) is 20.1 Å². The molecule has 88 valence electrons. The number of carbonyl (C=O) groups is 1. The lowest BCUT2D eigenvalue weighted by Crippen LogP contribution is -2.45. The Balaban J connectivity index is 2.34. The van der Waals surface area contributed by atoms with Crippen molar-refractivity contribution >= 4 is 5.91 Å². The number of piperidine rings is 1. The van der Waals surface area contributed by atoms with Gasteiger partial charge in [-0.3, -0.25) is 9.69 Å². The van der Waals surface area contributed by atoms with Gasteiger partial charge in [0.05, 0.1) is 6.54 Å². The highest BCUT2D eigenvalue weighted by atomic mass is 16.2. The van der Waals surface area contributed by atoms with E-state index in [0.29, 0.717) is 12.6 Å². The topological polar surface area (TPSA) is 26.8 Å². The second kappa shape index (κ2) is 5.47. The fourth-order valence-corrected chi connectivity index (χ4v) is 1.92. The molecular weight excluding hydrogens is 190 g/mol. The standard InChI is InChI=1S/C11H23N3O/c1-12(2)11(15)9-14(4)10-5-7-13(3)8-6-10/h10H,5-9H2,1-4H3. The van der Waals surface area contributed by atoms with E-state index in [1.165, 1.54) is 12.8 Å². The quantitative estimate of drug-likeness (QED) is 0.665. The molecule has 0 saturated carbocycles. The number of likely N-dealkylation sites (tertiary alicyclic amines) is 1. The van der Waals surface area contributed by atoms with E-state index in [4.69, 9.17) is 0 Å². The third-order valence-electron chi connectivity index (χ3n) is 3.19. The first-order valence-electron chi connectivity index (χ1n) is 5.59. The second-order valence-corrected chi connectivity index (χ2v) is 4.74. The zero-order chi connectivity index (χ0) is 11.4. The molecule has 1 fully saturated rings. The van der Waals surface area contributed by atoms with Crippen molar-refractivity contribution in [1.82, 2.24) is 14.7 Å². The smallest absolute Gasteiger partial charge is 0.236 e. The maximum absolute atomic E-state index is 11.5. The number of rotatable bonds is 3. The summed E-state index contributed by atoms with van der Waals surface area (Å²) in [7, 11) is 7.83. The van der Waals surface area contributed by atoms with E-state index in [2.05, 4.69) is 23.9 Å². The van der Waals surface area contributed by atoms with Gasteiger partial charge in [-0.1, -0.05) is 0 Å². The summed E-state index contributed by atoms with van der Waals surface area (Å²) in [4.78, 5) is 17.7. The molecule has 0 atom stereocenters. The van der Waals surface area contributed by atoms with Gasteiger partial charge in [-0.2, -0.15) is 0 Å². The van der Waals surface area contributed by atoms with E-state index < -0.39 is 0 Å². The van der Waals surface area contributed by atoms with Crippen LogP contribution in [0.5, 0.6) is 0 Å². The van der Waals surface area contributed by atoms with E-state index in [1.807, 2.05) is 14.1 Å². The molecule has 0 aromatic carbocycles. The zero-order valence-electron chi connectivity index (χ0n) is 10.4. The van der Waals surface area contributed by atoms with E-state index >= 15 is 0 Å². The Morgan fingerprint density at radius 2 is 1.80 bits per heavy atom. The average Bonchev–Trinajstić information content (AvgIpc) is 2.18. The van der Waals surface area contributed by atoms with Crippen LogP contribution in [0.2, 0.25) is 0 Å². The van der Waals surface area contributed by atoms with Gasteiger partial charge in [-0.15, -0.1) is 0 Å². The van der Waals surface area contributed by atoms with Gasteiger partial charge in [0.15, 0.2) is 0 Å². The van der Waals surface area contributed by atoms with Gasteiger partial charge in [0.2, 0.25) is 5.91 Å². The Morgan fingerprint density at radius 3 is 2.27 bits per heavy atom. The van der Waals surface area contributed by atoms with Crippen LogP contribution in [-0.4, -0.2) is 74.5 Å². The van der Waals surface area contributed by atoms with E-state index in [0.717, 1.165) is 13.1 Å². The lowest BCUT2D eigenvalue weighted by Gasteiger charge is -2.35. The SMILES string of the molecule is CN1CCC(N(C)CC(=O)N(C)C)CC1. The van der Waals surface area contributed by atoms with Crippen LogP contribution in [0.25, 0.3) is 0 Å². The van der Waals surface area contributed by atoms with Crippen LogP contribution >= 0.6 is 0 Å². The minimum atomic E-state index is 0.191. The first kappa shape index (κ1) is 12.5. The molecule has 1 heterocycles. The maximum Gasteiger partial charge on any atom is 0.236 e. The summed E-state index contributed by atoms with van der Waals surface area (Å²) in [5.41, 5.74) is 0. The van der Waals surface area contributed by atoms with Gasteiger partial charge in [0.25, 0.3) is 0 Å². The largest absolute Gasteiger partial charge is 0.348 e. The summed E-state index contributed by atoms with van der Waals surface area (Å²) in [6.45, 7) is 2.83. The van der Waals surface area contributed by atoms with Crippen LogP contribution in [0.4, 0.5) is 0 Å². The van der Waals surface area contributed by atoms with Gasteiger partial charge in [0.1, 0.15) is 0 Å². The molecule has 15 heavy (non-hydrogen) atoms. The monoisotopic (exact) mass is 213 g/mol. The van der Waals surface area contributed by atoms with Crippen molar-refractivity contribution in [2.24, 2.45) is 0 Å². The number of hydrogen-bond acceptors (Lipinski definition) is 3. The summed E-state index contributed by atoms with van der Waals surface area (Å²) < 4.78 is 0. The molecule has 1 rings (SSSR count). The van der Waals surface area contributed by atoms with Gasteiger partial charge in [-0.25, -0.2) is 0 Å². The molecule has 1 saturated heterocycles. The molecule has 1 aliphatic heterocycles. The maximum atomic E-state index is 11.5. The van der Waals surface area contributed by atoms with Crippen molar-refractivity contribution in [3.63, 3.8) is 0 Å². The first-order valence-corrected chi connectivity index (χ1v) is 5.59. The highest BCUT2D eigenvalue weighted by Crippen LogP contribution is 2.13. The van der Waals surface area contributed by atoms with Gasteiger partial charge >= 0.3 is 0 Å². The molecule has 0 aliphatic carbocycles. The molecule has 0 unspecified atom stereocenters. The van der Waals surface area contributed by atoms with Crippen molar-refractivity contribution in [3.8, 4) is 0 Å². The number of hydrogen-bond donors (Lipinski definition) is 0. The molecule has 4 nitrogen and oxygen atoms in total. The molecule has 0 bridgehead atoms. The molecule has 0 N–H and O–H groups in total. The summed E-state index contributed by atoms with van der Waals surface area (Å²) in [6, 6.07) is 0.574. The second-order valence-electron chi connectivity index (χ2n) is 4.74. The number of carbonyl (C=O) groups excluding carboxylic acids is 1. The number of amides is 1. The molecule has 4 heteroatoms. The van der Waals surface area contributed by atoms with E-state index in [-0.39, 0.29) is 5.91 Å². The average molecular weight is 213 g/mol. The van der Waals surface area contributed by atoms with Crippen LogP contribution in [-0.2, 0) is 4.79 Å². The summed E-state index contributed by atoms with van der Waals surface area (Å²) in [5.74, 6) is 0.191. The summed E-state index contributed by atoms with van der Waals surface area (Å²) >= 11 is 0. The Bertz CT molecular complexity index is 210. The zero-order valence-corrected chi connectivity index (χ0v) is 10.4. The lowest BCUT2D eigenvalue weighted by molar-refractivity contribution is -0.130. The third-order valence-corrected chi connectivity index (χ3v) is 3.19. The minimum absolute atomic E-state index is 0.191. The van der Waals surface area contributed by atoms with Crippen LogP contribution < -0.4 is 0 Å². The molecule has 0 aromatic heterocycles. The molecule has 0 radical (unpaired) electrons.